The number of nitriles is 1. The maximum atomic E-state index is 9.73. The molecule has 1 heterocycles. The molecule has 0 atom stereocenters. The molecule has 0 aromatic heterocycles. The molecule has 0 unspecified atom stereocenters. The topological polar surface area (TPSA) is 112 Å². The Labute approximate surface area is 201 Å². The van der Waals surface area contributed by atoms with E-state index in [9.17, 15) is 13.7 Å². The summed E-state index contributed by atoms with van der Waals surface area (Å²) in [6.07, 6.45) is 7.21. The van der Waals surface area contributed by atoms with Gasteiger partial charge in [0.1, 0.15) is 6.07 Å². The molecule has 0 aliphatic carbocycles. The molecule has 9 heteroatoms. The molecular weight excluding hydrogens is 454 g/mol. The van der Waals surface area contributed by atoms with Crippen molar-refractivity contribution in [3.63, 3.8) is 0 Å². The number of aliphatic imine (C=N–C) groups is 1. The molecule has 0 saturated heterocycles. The lowest BCUT2D eigenvalue weighted by Gasteiger charge is -2.19. The number of hydrogen-bond donors (Lipinski definition) is 1. The fraction of sp³-hybridized carbons (Fsp3) is 0.280. The monoisotopic (exact) mass is 483 g/mol. The van der Waals surface area contributed by atoms with Crippen molar-refractivity contribution in [3.8, 4) is 17.6 Å². The van der Waals surface area contributed by atoms with Gasteiger partial charge < -0.3 is 14.4 Å². The van der Waals surface area contributed by atoms with E-state index in [-0.39, 0.29) is 0 Å². The molecule has 0 amide bonds. The van der Waals surface area contributed by atoms with Crippen molar-refractivity contribution in [2.24, 2.45) is 4.99 Å². The summed E-state index contributed by atoms with van der Waals surface area (Å²) in [7, 11) is 3.59. The first-order valence-electron chi connectivity index (χ1n) is 10.4. The van der Waals surface area contributed by atoms with Crippen LogP contribution in [0.2, 0.25) is 0 Å². The minimum atomic E-state index is -3.67. The summed E-state index contributed by atoms with van der Waals surface area (Å²) in [6, 6.07) is 14.4. The van der Waals surface area contributed by atoms with Crippen molar-refractivity contribution in [2.75, 3.05) is 46.0 Å². The summed E-state index contributed by atoms with van der Waals surface area (Å²) >= 11 is 0. The maximum Gasteiger partial charge on any atom is 0.261 e. The molecule has 2 aromatic rings. The van der Waals surface area contributed by atoms with Crippen LogP contribution in [-0.4, -0.2) is 59.8 Å². The van der Waals surface area contributed by atoms with Gasteiger partial charge in [-0.3, -0.25) is 9.55 Å². The lowest BCUT2D eigenvalue weighted by Crippen LogP contribution is -2.15. The van der Waals surface area contributed by atoms with E-state index in [1.165, 1.54) is 0 Å². The maximum absolute atomic E-state index is 9.73. The molecule has 0 bridgehead atoms. The normalized spacial score (nSPS) is 13.2. The molecule has 1 aliphatic rings. The Bertz CT molecular complexity index is 1230. The second-order valence-corrected chi connectivity index (χ2v) is 9.08. The molecule has 0 saturated carbocycles. The highest BCUT2D eigenvalue weighted by Crippen LogP contribution is 2.33. The van der Waals surface area contributed by atoms with E-state index in [0.29, 0.717) is 35.6 Å². The Hall–Kier alpha value is -3.61. The number of methoxy groups -OCH3 is 2. The minimum Gasteiger partial charge on any atom is -0.493 e. The molecular formula is C25H29N3O5S. The summed E-state index contributed by atoms with van der Waals surface area (Å²) in [5.74, 6) is 1.32. The predicted molar refractivity (Wildman–Crippen MR) is 136 cm³/mol. The number of fused-ring (bicyclic) bond motifs is 1. The van der Waals surface area contributed by atoms with E-state index in [0.717, 1.165) is 28.8 Å². The molecule has 0 fully saturated rings. The van der Waals surface area contributed by atoms with Crippen molar-refractivity contribution >= 4 is 27.6 Å². The molecule has 2 aromatic carbocycles. The van der Waals surface area contributed by atoms with Gasteiger partial charge in [-0.2, -0.15) is 13.7 Å². The number of benzene rings is 2. The Morgan fingerprint density at radius 2 is 1.74 bits per heavy atom. The van der Waals surface area contributed by atoms with Gasteiger partial charge in [0.25, 0.3) is 10.1 Å². The van der Waals surface area contributed by atoms with E-state index in [1.54, 1.807) is 14.2 Å². The summed E-state index contributed by atoms with van der Waals surface area (Å²) in [5, 5.41) is 9.73. The summed E-state index contributed by atoms with van der Waals surface area (Å²) in [4.78, 5) is 6.68. The van der Waals surface area contributed by atoms with Crippen LogP contribution in [-0.2, 0) is 16.5 Å². The Kier molecular flexibility index (Phi) is 9.42. The first-order chi connectivity index (χ1) is 16.1. The van der Waals surface area contributed by atoms with E-state index in [2.05, 4.69) is 40.2 Å². The molecule has 8 nitrogen and oxygen atoms in total. The van der Waals surface area contributed by atoms with Crippen LogP contribution < -0.4 is 14.4 Å². The summed E-state index contributed by atoms with van der Waals surface area (Å²) in [5.41, 5.74) is 5.47. The number of ether oxygens (including phenoxy) is 2. The number of nitrogens with zero attached hydrogens (tertiary/aromatic N) is 3. The van der Waals surface area contributed by atoms with E-state index >= 15 is 0 Å². The molecule has 3 rings (SSSR count). The molecule has 180 valence electrons. The number of allylic oxidation sites excluding steroid dienone is 3. The van der Waals surface area contributed by atoms with Gasteiger partial charge in [0, 0.05) is 31.9 Å². The van der Waals surface area contributed by atoms with Crippen molar-refractivity contribution in [1.29, 1.82) is 5.26 Å². The lowest BCUT2D eigenvalue weighted by molar-refractivity contribution is 0.354. The van der Waals surface area contributed by atoms with Crippen molar-refractivity contribution in [2.45, 2.75) is 6.42 Å². The molecule has 1 aliphatic heterocycles. The average Bonchev–Trinajstić information content (AvgIpc) is 2.80. The fourth-order valence-corrected chi connectivity index (χ4v) is 3.26. The predicted octanol–water partition coefficient (Wildman–Crippen LogP) is 3.78. The van der Waals surface area contributed by atoms with Gasteiger partial charge in [-0.25, -0.2) is 0 Å². The smallest absolute Gasteiger partial charge is 0.261 e. The largest absolute Gasteiger partial charge is 0.493 e. The SMILES string of the molecule is COc1cc2c(cc1OC)C(/C(C#N)=C/C=C/c1ccc(N(C)C)cc1)=NCC2.CS(=O)(=O)O. The molecule has 34 heavy (non-hydrogen) atoms. The van der Waals surface area contributed by atoms with Gasteiger partial charge >= 0.3 is 0 Å². The zero-order valence-electron chi connectivity index (χ0n) is 19.9. The van der Waals surface area contributed by atoms with Crippen LogP contribution >= 0.6 is 0 Å². The molecule has 0 spiro atoms. The van der Waals surface area contributed by atoms with Gasteiger partial charge in [0.15, 0.2) is 11.5 Å². The van der Waals surface area contributed by atoms with Crippen LogP contribution in [0.15, 0.2) is 59.1 Å². The van der Waals surface area contributed by atoms with Crippen molar-refractivity contribution < 1.29 is 22.4 Å². The quantitative estimate of drug-likeness (QED) is 0.378. The number of rotatable bonds is 6. The first kappa shape index (κ1) is 26.6. The van der Waals surface area contributed by atoms with Crippen molar-refractivity contribution in [3.05, 3.63) is 70.8 Å². The van der Waals surface area contributed by atoms with Gasteiger partial charge in [-0.05, 0) is 47.9 Å². The van der Waals surface area contributed by atoms with Gasteiger partial charge in [-0.1, -0.05) is 24.3 Å². The second kappa shape index (κ2) is 12.0. The summed E-state index contributed by atoms with van der Waals surface area (Å²) < 4.78 is 36.7. The zero-order chi connectivity index (χ0) is 25.3. The summed E-state index contributed by atoms with van der Waals surface area (Å²) in [6.45, 7) is 0.645. The van der Waals surface area contributed by atoms with Gasteiger partial charge in [-0.15, -0.1) is 0 Å². The lowest BCUT2D eigenvalue weighted by atomic mass is 9.92. The fourth-order valence-electron chi connectivity index (χ4n) is 3.26. The van der Waals surface area contributed by atoms with Gasteiger partial charge in [0.05, 0.1) is 31.8 Å². The van der Waals surface area contributed by atoms with E-state index in [4.69, 9.17) is 14.0 Å². The van der Waals surface area contributed by atoms with Crippen LogP contribution in [0.5, 0.6) is 11.5 Å². The van der Waals surface area contributed by atoms with Crippen LogP contribution in [0, 0.1) is 11.3 Å². The molecule has 1 N–H and O–H groups in total. The third-order valence-electron chi connectivity index (χ3n) is 4.85. The minimum absolute atomic E-state index is 0.527. The first-order valence-corrected chi connectivity index (χ1v) is 12.2. The highest BCUT2D eigenvalue weighted by molar-refractivity contribution is 7.85. The van der Waals surface area contributed by atoms with Gasteiger partial charge in [0.2, 0.25) is 0 Å². The third-order valence-corrected chi connectivity index (χ3v) is 4.85. The van der Waals surface area contributed by atoms with Crippen molar-refractivity contribution in [1.82, 2.24) is 0 Å². The standard InChI is InChI=1S/C24H25N3O2.CH4O3S/c1-27(2)20-10-8-17(9-11-20)6-5-7-19(16-25)24-21-15-23(29-4)22(28-3)14-18(21)12-13-26-24;1-5(2,3)4/h5-11,14-15H,12-13H2,1-4H3;1H3,(H,2,3,4)/b6-5+,19-7+;. The highest BCUT2D eigenvalue weighted by atomic mass is 32.2. The molecule has 0 radical (unpaired) electrons. The zero-order valence-corrected chi connectivity index (χ0v) is 20.8. The van der Waals surface area contributed by atoms with Crippen LogP contribution in [0.3, 0.4) is 0 Å². The Morgan fingerprint density at radius 1 is 1.15 bits per heavy atom. The second-order valence-electron chi connectivity index (χ2n) is 7.61. The number of hydrogen-bond acceptors (Lipinski definition) is 7. The van der Waals surface area contributed by atoms with E-state index < -0.39 is 10.1 Å². The Balaban J connectivity index is 0.000000739. The van der Waals surface area contributed by atoms with Crippen LogP contribution in [0.4, 0.5) is 5.69 Å². The average molecular weight is 484 g/mol. The Morgan fingerprint density at radius 3 is 2.26 bits per heavy atom. The van der Waals surface area contributed by atoms with Crippen LogP contribution in [0.1, 0.15) is 16.7 Å². The number of anilines is 1. The van der Waals surface area contributed by atoms with E-state index in [1.807, 2.05) is 44.5 Å². The van der Waals surface area contributed by atoms with Crippen LogP contribution in [0.25, 0.3) is 6.08 Å². The third kappa shape index (κ3) is 7.76. The highest BCUT2D eigenvalue weighted by Gasteiger charge is 2.20.